The highest BCUT2D eigenvalue weighted by Crippen LogP contribution is 2.35. The maximum Gasteiger partial charge on any atom is 0.410 e. The minimum absolute atomic E-state index is 0.172. The molecule has 1 saturated heterocycles. The van der Waals surface area contributed by atoms with Crippen LogP contribution in [0.15, 0.2) is 18.2 Å². The first-order valence-electron chi connectivity index (χ1n) is 8.96. The molecule has 6 nitrogen and oxygen atoms in total. The summed E-state index contributed by atoms with van der Waals surface area (Å²) in [6.07, 6.45) is -1.09. The van der Waals surface area contributed by atoms with Gasteiger partial charge in [0.15, 0.2) is 0 Å². The molecule has 0 saturated carbocycles. The molecule has 27 heavy (non-hydrogen) atoms. The van der Waals surface area contributed by atoms with Crippen LogP contribution in [-0.2, 0) is 15.0 Å². The fourth-order valence-corrected chi connectivity index (χ4v) is 2.99. The molecule has 1 aliphatic heterocycles. The van der Waals surface area contributed by atoms with Crippen molar-refractivity contribution in [2.24, 2.45) is 0 Å². The molecule has 1 aromatic carbocycles. The summed E-state index contributed by atoms with van der Waals surface area (Å²) >= 11 is 0. The van der Waals surface area contributed by atoms with Crippen LogP contribution >= 0.6 is 0 Å². The van der Waals surface area contributed by atoms with Gasteiger partial charge in [0.1, 0.15) is 22.6 Å². The summed E-state index contributed by atoms with van der Waals surface area (Å²) in [4.78, 5) is 26.2. The lowest BCUT2D eigenvalue weighted by atomic mass is 9.80. The lowest BCUT2D eigenvalue weighted by Crippen LogP contribution is -2.69. The molecule has 0 radical (unpaired) electrons. The highest BCUT2D eigenvalue weighted by Gasteiger charge is 2.50. The van der Waals surface area contributed by atoms with Crippen LogP contribution in [0.25, 0.3) is 0 Å². The third-order valence-corrected chi connectivity index (χ3v) is 4.03. The smallest absolute Gasteiger partial charge is 0.410 e. The van der Waals surface area contributed by atoms with Crippen molar-refractivity contribution in [3.8, 4) is 0 Å². The Bertz CT molecular complexity index is 728. The Hall–Kier alpha value is -2.31. The Kier molecular flexibility index (Phi) is 5.46. The van der Waals surface area contributed by atoms with Gasteiger partial charge in [-0.25, -0.2) is 14.0 Å². The zero-order chi connectivity index (χ0) is 20.6. The molecule has 0 unspecified atom stereocenters. The van der Waals surface area contributed by atoms with E-state index in [0.29, 0.717) is 5.56 Å². The molecule has 0 atom stereocenters. The van der Waals surface area contributed by atoms with Gasteiger partial charge in [0.05, 0.1) is 13.1 Å². The van der Waals surface area contributed by atoms with Gasteiger partial charge in [0.25, 0.3) is 0 Å². The third kappa shape index (κ3) is 5.34. The maximum absolute atomic E-state index is 13.9. The van der Waals surface area contributed by atoms with E-state index in [0.717, 1.165) is 5.56 Å². The topological polar surface area (TPSA) is 67.9 Å². The summed E-state index contributed by atoms with van der Waals surface area (Å²) < 4.78 is 24.6. The van der Waals surface area contributed by atoms with Crippen molar-refractivity contribution in [1.29, 1.82) is 0 Å². The number of amides is 2. The summed E-state index contributed by atoms with van der Waals surface area (Å²) in [6.45, 7) is 12.8. The van der Waals surface area contributed by atoms with Crippen LogP contribution in [0.4, 0.5) is 14.0 Å². The quantitative estimate of drug-likeness (QED) is 0.839. The van der Waals surface area contributed by atoms with E-state index in [-0.39, 0.29) is 13.1 Å². The summed E-state index contributed by atoms with van der Waals surface area (Å²) in [5, 5.41) is 2.84. The molecule has 1 aromatic rings. The molecular weight excluding hydrogens is 351 g/mol. The van der Waals surface area contributed by atoms with Crippen LogP contribution < -0.4 is 5.32 Å². The van der Waals surface area contributed by atoms with Gasteiger partial charge in [0, 0.05) is 0 Å². The molecule has 2 rings (SSSR count). The SMILES string of the molecule is Cc1ccc(F)cc1C1(NC(=O)OC(C)(C)C)CN(C(=O)OC(C)(C)C)C1. The maximum atomic E-state index is 13.9. The van der Waals surface area contributed by atoms with Gasteiger partial charge in [-0.1, -0.05) is 6.07 Å². The predicted molar refractivity (Wildman–Crippen MR) is 100.0 cm³/mol. The van der Waals surface area contributed by atoms with Gasteiger partial charge in [-0.15, -0.1) is 0 Å². The lowest BCUT2D eigenvalue weighted by Gasteiger charge is -2.50. The van der Waals surface area contributed by atoms with Gasteiger partial charge in [0.2, 0.25) is 0 Å². The minimum atomic E-state index is -0.925. The molecule has 2 amide bonds. The van der Waals surface area contributed by atoms with Crippen LogP contribution in [-0.4, -0.2) is 41.4 Å². The molecule has 0 bridgehead atoms. The first-order valence-corrected chi connectivity index (χ1v) is 8.96. The van der Waals surface area contributed by atoms with Crippen LogP contribution in [0, 0.1) is 12.7 Å². The standard InChI is InChI=1S/C20H29FN2O4/c1-13-8-9-14(21)10-15(13)20(22-16(24)26-18(2,3)4)11-23(12-20)17(25)27-19(5,6)7/h8-10H,11-12H2,1-7H3,(H,22,24). The van der Waals surface area contributed by atoms with Crippen molar-refractivity contribution < 1.29 is 23.5 Å². The minimum Gasteiger partial charge on any atom is -0.444 e. The summed E-state index contributed by atoms with van der Waals surface area (Å²) in [5.74, 6) is -0.406. The van der Waals surface area contributed by atoms with Gasteiger partial charge in [-0.2, -0.15) is 0 Å². The van der Waals surface area contributed by atoms with E-state index in [1.165, 1.54) is 17.0 Å². The number of alkyl carbamates (subject to hydrolysis) is 1. The van der Waals surface area contributed by atoms with Crippen LogP contribution in [0.1, 0.15) is 52.7 Å². The van der Waals surface area contributed by atoms with Crippen LogP contribution in [0.3, 0.4) is 0 Å². The number of carbonyl (C=O) groups excluding carboxylic acids is 2. The molecule has 150 valence electrons. The van der Waals surface area contributed by atoms with E-state index in [9.17, 15) is 14.0 Å². The average Bonchev–Trinajstić information content (AvgIpc) is 2.41. The molecule has 1 N–H and O–H groups in total. The number of nitrogens with zero attached hydrogens (tertiary/aromatic N) is 1. The van der Waals surface area contributed by atoms with Crippen LogP contribution in [0.5, 0.6) is 0 Å². The largest absolute Gasteiger partial charge is 0.444 e. The number of nitrogens with one attached hydrogen (secondary N) is 1. The van der Waals surface area contributed by atoms with Crippen molar-refractivity contribution in [2.45, 2.75) is 65.2 Å². The number of benzene rings is 1. The molecule has 1 heterocycles. The second-order valence-corrected chi connectivity index (χ2v) is 9.00. The summed E-state index contributed by atoms with van der Waals surface area (Å²) in [6, 6.07) is 4.41. The van der Waals surface area contributed by atoms with E-state index in [1.807, 2.05) is 6.92 Å². The fourth-order valence-electron chi connectivity index (χ4n) is 2.99. The number of halogens is 1. The predicted octanol–water partition coefficient (Wildman–Crippen LogP) is 4.10. The Labute approximate surface area is 160 Å². The van der Waals surface area contributed by atoms with Crippen molar-refractivity contribution >= 4 is 12.2 Å². The number of ether oxygens (including phenoxy) is 2. The van der Waals surface area contributed by atoms with Gasteiger partial charge in [-0.3, -0.25) is 0 Å². The fraction of sp³-hybridized carbons (Fsp3) is 0.600. The van der Waals surface area contributed by atoms with Gasteiger partial charge >= 0.3 is 12.2 Å². The van der Waals surface area contributed by atoms with E-state index in [1.54, 1.807) is 47.6 Å². The van der Waals surface area contributed by atoms with Crippen molar-refractivity contribution in [3.63, 3.8) is 0 Å². The molecule has 7 heteroatoms. The second kappa shape index (κ2) is 7.02. The average molecular weight is 380 g/mol. The number of likely N-dealkylation sites (tertiary alicyclic amines) is 1. The van der Waals surface area contributed by atoms with Gasteiger partial charge < -0.3 is 19.7 Å². The number of aryl methyl sites for hydroxylation is 1. The lowest BCUT2D eigenvalue weighted by molar-refractivity contribution is -0.0232. The van der Waals surface area contributed by atoms with Crippen molar-refractivity contribution in [2.75, 3.05) is 13.1 Å². The zero-order valence-electron chi connectivity index (χ0n) is 17.1. The summed E-state index contributed by atoms with van der Waals surface area (Å²) in [7, 11) is 0. The van der Waals surface area contributed by atoms with Crippen LogP contribution in [0.2, 0.25) is 0 Å². The normalized spacial score (nSPS) is 16.4. The number of hydrogen-bond donors (Lipinski definition) is 1. The first-order chi connectivity index (χ1) is 12.2. The number of hydrogen-bond acceptors (Lipinski definition) is 4. The molecule has 0 spiro atoms. The van der Waals surface area contributed by atoms with Crippen molar-refractivity contribution in [3.05, 3.63) is 35.1 Å². The van der Waals surface area contributed by atoms with E-state index >= 15 is 0 Å². The van der Waals surface area contributed by atoms with E-state index in [4.69, 9.17) is 9.47 Å². The Morgan fingerprint density at radius 1 is 1.07 bits per heavy atom. The van der Waals surface area contributed by atoms with Crippen molar-refractivity contribution in [1.82, 2.24) is 10.2 Å². The zero-order valence-corrected chi connectivity index (χ0v) is 17.1. The van der Waals surface area contributed by atoms with E-state index in [2.05, 4.69) is 5.32 Å². The molecule has 1 aliphatic rings. The second-order valence-electron chi connectivity index (χ2n) is 9.00. The first kappa shape index (κ1) is 21.0. The Balaban J connectivity index is 2.26. The highest BCUT2D eigenvalue weighted by molar-refractivity contribution is 5.73. The van der Waals surface area contributed by atoms with E-state index < -0.39 is 34.7 Å². The summed E-state index contributed by atoms with van der Waals surface area (Å²) in [5.41, 5.74) is -0.783. The number of rotatable bonds is 2. The molecule has 1 fully saturated rings. The molecule has 0 aromatic heterocycles. The molecular formula is C20H29FN2O4. The Morgan fingerprint density at radius 3 is 2.15 bits per heavy atom. The monoisotopic (exact) mass is 380 g/mol. The molecule has 0 aliphatic carbocycles. The number of carbonyl (C=O) groups is 2. The Morgan fingerprint density at radius 2 is 1.63 bits per heavy atom. The third-order valence-electron chi connectivity index (χ3n) is 4.03. The highest BCUT2D eigenvalue weighted by atomic mass is 19.1. The van der Waals surface area contributed by atoms with Gasteiger partial charge in [-0.05, 0) is 71.7 Å².